The minimum absolute atomic E-state index is 0.0269. The quantitative estimate of drug-likeness (QED) is 0.782. The molecule has 0 spiro atoms. The van der Waals surface area contributed by atoms with Crippen LogP contribution in [0, 0.1) is 5.92 Å². The molecule has 0 saturated carbocycles. The molecule has 0 aromatic heterocycles. The van der Waals surface area contributed by atoms with Crippen LogP contribution in [0.3, 0.4) is 0 Å². The summed E-state index contributed by atoms with van der Waals surface area (Å²) < 4.78 is 0. The summed E-state index contributed by atoms with van der Waals surface area (Å²) in [4.78, 5) is 24.8. The van der Waals surface area contributed by atoms with Crippen molar-refractivity contribution in [1.82, 2.24) is 10.2 Å². The summed E-state index contributed by atoms with van der Waals surface area (Å²) in [6.07, 6.45) is 3.60. The minimum atomic E-state index is -0.0269. The van der Waals surface area contributed by atoms with Crippen molar-refractivity contribution in [3.8, 4) is 0 Å². The Balaban J connectivity index is 2.26. The van der Waals surface area contributed by atoms with E-state index in [1.807, 2.05) is 11.8 Å². The van der Waals surface area contributed by atoms with E-state index >= 15 is 0 Å². The third-order valence-corrected chi connectivity index (χ3v) is 2.92. The fourth-order valence-corrected chi connectivity index (χ4v) is 2.02. The smallest absolute Gasteiger partial charge is 0.241 e. The molecule has 1 N–H and O–H groups in total. The maximum atomic E-state index is 11.8. The van der Waals surface area contributed by atoms with Gasteiger partial charge in [-0.25, -0.2) is 0 Å². The van der Waals surface area contributed by atoms with Gasteiger partial charge in [0.2, 0.25) is 11.8 Å². The molecule has 1 atom stereocenters. The molecule has 0 aromatic rings. The van der Waals surface area contributed by atoms with Crippen molar-refractivity contribution in [3.63, 3.8) is 0 Å². The Kier molecular flexibility index (Phi) is 5.29. The summed E-state index contributed by atoms with van der Waals surface area (Å²) in [6, 6.07) is 0. The van der Waals surface area contributed by atoms with Gasteiger partial charge in [0, 0.05) is 19.5 Å². The number of carbonyl (C=O) groups excluding carboxylic acids is 2. The van der Waals surface area contributed by atoms with E-state index in [2.05, 4.69) is 12.2 Å². The van der Waals surface area contributed by atoms with Crippen LogP contribution in [0.1, 0.15) is 39.5 Å². The van der Waals surface area contributed by atoms with Crippen LogP contribution in [0.2, 0.25) is 0 Å². The molecule has 0 aliphatic carbocycles. The molecule has 92 valence electrons. The number of piperidine rings is 1. The van der Waals surface area contributed by atoms with Gasteiger partial charge in [-0.1, -0.05) is 13.8 Å². The first-order valence-corrected chi connectivity index (χ1v) is 6.18. The second-order valence-corrected chi connectivity index (χ2v) is 4.61. The molecule has 0 bridgehead atoms. The molecule has 1 rings (SSSR count). The molecule has 2 amide bonds. The Morgan fingerprint density at radius 2 is 2.19 bits per heavy atom. The molecule has 1 heterocycles. The van der Waals surface area contributed by atoms with Gasteiger partial charge >= 0.3 is 0 Å². The highest BCUT2D eigenvalue weighted by molar-refractivity contribution is 5.84. The normalized spacial score (nSPS) is 20.6. The van der Waals surface area contributed by atoms with Gasteiger partial charge in [0.1, 0.15) is 0 Å². The summed E-state index contributed by atoms with van der Waals surface area (Å²) in [7, 11) is 0. The Labute approximate surface area is 97.4 Å². The SMILES string of the molecule is CCCC(=O)NCC(=O)N1CCCC(C)C1. The maximum absolute atomic E-state index is 11.8. The second kappa shape index (κ2) is 6.51. The van der Waals surface area contributed by atoms with E-state index in [-0.39, 0.29) is 18.4 Å². The van der Waals surface area contributed by atoms with Crippen molar-refractivity contribution >= 4 is 11.8 Å². The van der Waals surface area contributed by atoms with E-state index in [0.717, 1.165) is 25.9 Å². The van der Waals surface area contributed by atoms with Crippen LogP contribution in [0.5, 0.6) is 0 Å². The van der Waals surface area contributed by atoms with E-state index in [9.17, 15) is 9.59 Å². The average Bonchev–Trinajstić information content (AvgIpc) is 2.26. The Morgan fingerprint density at radius 3 is 2.81 bits per heavy atom. The molecule has 16 heavy (non-hydrogen) atoms. The highest BCUT2D eigenvalue weighted by Gasteiger charge is 2.20. The lowest BCUT2D eigenvalue weighted by molar-refractivity contribution is -0.134. The van der Waals surface area contributed by atoms with Crippen LogP contribution < -0.4 is 5.32 Å². The Morgan fingerprint density at radius 1 is 1.44 bits per heavy atom. The molecule has 1 unspecified atom stereocenters. The lowest BCUT2D eigenvalue weighted by atomic mass is 10.0. The van der Waals surface area contributed by atoms with Crippen LogP contribution in [-0.2, 0) is 9.59 Å². The number of carbonyl (C=O) groups is 2. The molecule has 1 aliphatic rings. The molecule has 0 aromatic carbocycles. The Hall–Kier alpha value is -1.06. The largest absolute Gasteiger partial charge is 0.347 e. The van der Waals surface area contributed by atoms with Crippen molar-refractivity contribution in [2.75, 3.05) is 19.6 Å². The number of amides is 2. The van der Waals surface area contributed by atoms with E-state index in [4.69, 9.17) is 0 Å². The van der Waals surface area contributed by atoms with Crippen LogP contribution in [-0.4, -0.2) is 36.3 Å². The summed E-state index contributed by atoms with van der Waals surface area (Å²) in [6.45, 7) is 5.95. The van der Waals surface area contributed by atoms with Crippen LogP contribution in [0.25, 0.3) is 0 Å². The monoisotopic (exact) mass is 226 g/mol. The van der Waals surface area contributed by atoms with Crippen LogP contribution in [0.15, 0.2) is 0 Å². The number of nitrogens with zero attached hydrogens (tertiary/aromatic N) is 1. The summed E-state index contributed by atoms with van der Waals surface area (Å²) >= 11 is 0. The number of nitrogens with one attached hydrogen (secondary N) is 1. The van der Waals surface area contributed by atoms with Gasteiger partial charge in [-0.2, -0.15) is 0 Å². The summed E-state index contributed by atoms with van der Waals surface area (Å²) in [5.74, 6) is 0.612. The third kappa shape index (κ3) is 4.21. The van der Waals surface area contributed by atoms with Crippen molar-refractivity contribution in [1.29, 1.82) is 0 Å². The second-order valence-electron chi connectivity index (χ2n) is 4.61. The van der Waals surface area contributed by atoms with E-state index < -0.39 is 0 Å². The van der Waals surface area contributed by atoms with E-state index in [1.54, 1.807) is 0 Å². The number of likely N-dealkylation sites (tertiary alicyclic amines) is 1. The van der Waals surface area contributed by atoms with Gasteiger partial charge in [-0.3, -0.25) is 9.59 Å². The van der Waals surface area contributed by atoms with Gasteiger partial charge in [0.05, 0.1) is 6.54 Å². The van der Waals surface area contributed by atoms with E-state index in [0.29, 0.717) is 12.3 Å². The fraction of sp³-hybridized carbons (Fsp3) is 0.833. The molecule has 1 saturated heterocycles. The lowest BCUT2D eigenvalue weighted by Gasteiger charge is -2.31. The summed E-state index contributed by atoms with van der Waals surface area (Å²) in [5, 5.41) is 2.67. The zero-order valence-corrected chi connectivity index (χ0v) is 10.3. The van der Waals surface area contributed by atoms with E-state index in [1.165, 1.54) is 6.42 Å². The van der Waals surface area contributed by atoms with Crippen molar-refractivity contribution in [2.45, 2.75) is 39.5 Å². The van der Waals surface area contributed by atoms with Crippen LogP contribution in [0.4, 0.5) is 0 Å². The number of hydrogen-bond donors (Lipinski definition) is 1. The third-order valence-electron chi connectivity index (χ3n) is 2.92. The number of rotatable bonds is 4. The molecule has 1 fully saturated rings. The highest BCUT2D eigenvalue weighted by Crippen LogP contribution is 2.14. The molecule has 4 nitrogen and oxygen atoms in total. The summed E-state index contributed by atoms with van der Waals surface area (Å²) in [5.41, 5.74) is 0. The zero-order chi connectivity index (χ0) is 12.0. The van der Waals surface area contributed by atoms with Crippen LogP contribution >= 0.6 is 0 Å². The van der Waals surface area contributed by atoms with Crippen molar-refractivity contribution in [3.05, 3.63) is 0 Å². The molecule has 0 radical (unpaired) electrons. The maximum Gasteiger partial charge on any atom is 0.241 e. The zero-order valence-electron chi connectivity index (χ0n) is 10.3. The molecular formula is C12H22N2O2. The fourth-order valence-electron chi connectivity index (χ4n) is 2.02. The molecule has 4 heteroatoms. The standard InChI is InChI=1S/C12H22N2O2/c1-3-5-11(15)13-8-12(16)14-7-4-6-10(2)9-14/h10H,3-9H2,1-2H3,(H,13,15). The van der Waals surface area contributed by atoms with Gasteiger partial charge in [0.25, 0.3) is 0 Å². The highest BCUT2D eigenvalue weighted by atomic mass is 16.2. The minimum Gasteiger partial charge on any atom is -0.347 e. The first-order valence-electron chi connectivity index (χ1n) is 6.18. The predicted octanol–water partition coefficient (Wildman–Crippen LogP) is 1.16. The lowest BCUT2D eigenvalue weighted by Crippen LogP contribution is -2.44. The van der Waals surface area contributed by atoms with Crippen molar-refractivity contribution < 1.29 is 9.59 Å². The van der Waals surface area contributed by atoms with Gasteiger partial charge < -0.3 is 10.2 Å². The average molecular weight is 226 g/mol. The number of hydrogen-bond acceptors (Lipinski definition) is 2. The van der Waals surface area contributed by atoms with Gasteiger partial charge in [0.15, 0.2) is 0 Å². The Bertz CT molecular complexity index is 253. The molecular weight excluding hydrogens is 204 g/mol. The molecule has 1 aliphatic heterocycles. The van der Waals surface area contributed by atoms with Gasteiger partial charge in [-0.15, -0.1) is 0 Å². The first kappa shape index (κ1) is 13.0. The first-order chi connectivity index (χ1) is 7.63. The van der Waals surface area contributed by atoms with Gasteiger partial charge in [-0.05, 0) is 25.2 Å². The van der Waals surface area contributed by atoms with Crippen molar-refractivity contribution in [2.24, 2.45) is 5.92 Å². The topological polar surface area (TPSA) is 49.4 Å². The predicted molar refractivity (Wildman–Crippen MR) is 62.9 cm³/mol.